The summed E-state index contributed by atoms with van der Waals surface area (Å²) in [6.45, 7) is 0. The van der Waals surface area contributed by atoms with Crippen LogP contribution in [0.1, 0.15) is 44.9 Å². The van der Waals surface area contributed by atoms with E-state index >= 15 is 0 Å². The van der Waals surface area contributed by atoms with Gasteiger partial charge in [0.15, 0.2) is 0 Å². The Bertz CT molecular complexity index is 216. The lowest BCUT2D eigenvalue weighted by Gasteiger charge is -2.34. The molecule has 0 atom stereocenters. The molecule has 0 bridgehead atoms. The van der Waals surface area contributed by atoms with Gasteiger partial charge in [0.05, 0.1) is 12.8 Å². The van der Waals surface area contributed by atoms with Crippen LogP contribution < -0.4 is 0 Å². The van der Waals surface area contributed by atoms with E-state index in [1.807, 2.05) is 0 Å². The van der Waals surface area contributed by atoms with Crippen molar-refractivity contribution in [1.82, 2.24) is 0 Å². The number of carboxylic acids is 2. The lowest BCUT2D eigenvalue weighted by Crippen LogP contribution is -2.30. The normalized spacial score (nSPS) is 18.9. The quantitative estimate of drug-likeness (QED) is 0.786. The molecule has 0 aliphatic heterocycles. The number of carboxylic acid groups (broad SMARTS) is 2. The second kappa shape index (κ2) is 5.95. The zero-order chi connectivity index (χ0) is 10.6. The third kappa shape index (κ3) is 4.51. The van der Waals surface area contributed by atoms with Crippen LogP contribution in [0.25, 0.3) is 0 Å². The average molecular weight is 237 g/mol. The molecule has 0 spiro atoms. The Labute approximate surface area is 95.1 Å². The van der Waals surface area contributed by atoms with E-state index in [4.69, 9.17) is 10.2 Å². The molecule has 1 aliphatic rings. The largest absolute Gasteiger partial charge is 0.481 e. The van der Waals surface area contributed by atoms with Gasteiger partial charge in [-0.15, -0.1) is 12.4 Å². The molecule has 0 amide bonds. The van der Waals surface area contributed by atoms with E-state index < -0.39 is 17.4 Å². The molecule has 0 aromatic rings. The van der Waals surface area contributed by atoms with Crippen LogP contribution >= 0.6 is 12.4 Å². The molecular formula is C10H17ClO4. The van der Waals surface area contributed by atoms with Gasteiger partial charge in [-0.25, -0.2) is 0 Å². The smallest absolute Gasteiger partial charge is 0.303 e. The third-order valence-electron chi connectivity index (χ3n) is 2.97. The minimum atomic E-state index is -0.881. The van der Waals surface area contributed by atoms with Crippen molar-refractivity contribution in [3.8, 4) is 0 Å². The van der Waals surface area contributed by atoms with E-state index in [0.29, 0.717) is 0 Å². The van der Waals surface area contributed by atoms with Gasteiger partial charge in [0.25, 0.3) is 0 Å². The van der Waals surface area contributed by atoms with Crippen molar-refractivity contribution in [2.75, 3.05) is 0 Å². The number of rotatable bonds is 4. The van der Waals surface area contributed by atoms with Crippen LogP contribution in [-0.4, -0.2) is 22.2 Å². The maximum Gasteiger partial charge on any atom is 0.303 e. The predicted octanol–water partition coefficient (Wildman–Crippen LogP) is 2.31. The third-order valence-corrected chi connectivity index (χ3v) is 2.97. The molecule has 0 aromatic carbocycles. The molecule has 1 saturated carbocycles. The van der Waals surface area contributed by atoms with Crippen molar-refractivity contribution in [3.05, 3.63) is 0 Å². The molecule has 1 fully saturated rings. The molecule has 1 aliphatic carbocycles. The fraction of sp³-hybridized carbons (Fsp3) is 0.800. The fourth-order valence-electron chi connectivity index (χ4n) is 2.36. The van der Waals surface area contributed by atoms with Gasteiger partial charge in [0.1, 0.15) is 0 Å². The Morgan fingerprint density at radius 3 is 1.67 bits per heavy atom. The van der Waals surface area contributed by atoms with Crippen LogP contribution in [0.2, 0.25) is 0 Å². The van der Waals surface area contributed by atoms with E-state index in [1.165, 1.54) is 0 Å². The highest BCUT2D eigenvalue weighted by Crippen LogP contribution is 2.42. The van der Waals surface area contributed by atoms with Crippen molar-refractivity contribution in [2.24, 2.45) is 5.41 Å². The average Bonchev–Trinajstić information content (AvgIpc) is 2.01. The SMILES string of the molecule is Cl.O=C(O)CC1(CC(=O)O)CCCCC1. The van der Waals surface area contributed by atoms with Crippen LogP contribution in [-0.2, 0) is 9.59 Å². The lowest BCUT2D eigenvalue weighted by atomic mass is 9.70. The number of carbonyl (C=O) groups is 2. The summed E-state index contributed by atoms with van der Waals surface area (Å²) in [4.78, 5) is 21.3. The topological polar surface area (TPSA) is 74.6 Å². The first-order chi connectivity index (χ1) is 6.54. The Morgan fingerprint density at radius 2 is 1.33 bits per heavy atom. The molecule has 0 unspecified atom stereocenters. The molecule has 0 radical (unpaired) electrons. The summed E-state index contributed by atoms with van der Waals surface area (Å²) in [7, 11) is 0. The monoisotopic (exact) mass is 236 g/mol. The minimum absolute atomic E-state index is 0. The Hall–Kier alpha value is -0.770. The van der Waals surface area contributed by atoms with Gasteiger partial charge >= 0.3 is 11.9 Å². The summed E-state index contributed by atoms with van der Waals surface area (Å²) in [6, 6.07) is 0. The highest BCUT2D eigenvalue weighted by atomic mass is 35.5. The second-order valence-corrected chi connectivity index (χ2v) is 4.20. The zero-order valence-corrected chi connectivity index (χ0v) is 9.39. The van der Waals surface area contributed by atoms with Gasteiger partial charge in [-0.1, -0.05) is 19.3 Å². The van der Waals surface area contributed by atoms with Crippen molar-refractivity contribution in [3.63, 3.8) is 0 Å². The highest BCUT2D eigenvalue weighted by molar-refractivity contribution is 5.85. The number of hydrogen-bond acceptors (Lipinski definition) is 2. The van der Waals surface area contributed by atoms with Gasteiger partial charge in [-0.3, -0.25) is 9.59 Å². The van der Waals surface area contributed by atoms with Crippen molar-refractivity contribution < 1.29 is 19.8 Å². The van der Waals surface area contributed by atoms with E-state index in [1.54, 1.807) is 0 Å². The maximum absolute atomic E-state index is 10.7. The van der Waals surface area contributed by atoms with Crippen LogP contribution in [0.15, 0.2) is 0 Å². The van der Waals surface area contributed by atoms with Gasteiger partial charge in [0, 0.05) is 0 Å². The Kier molecular flexibility index (Phi) is 5.65. The van der Waals surface area contributed by atoms with Crippen molar-refractivity contribution >= 4 is 24.3 Å². The summed E-state index contributed by atoms with van der Waals surface area (Å²) < 4.78 is 0. The van der Waals surface area contributed by atoms with Gasteiger partial charge in [-0.2, -0.15) is 0 Å². The van der Waals surface area contributed by atoms with Crippen molar-refractivity contribution in [2.45, 2.75) is 44.9 Å². The molecule has 0 heterocycles. The minimum Gasteiger partial charge on any atom is -0.481 e. The Morgan fingerprint density at radius 1 is 0.933 bits per heavy atom. The number of aliphatic carboxylic acids is 2. The zero-order valence-electron chi connectivity index (χ0n) is 8.57. The molecule has 0 aromatic heterocycles. The van der Waals surface area contributed by atoms with Crippen LogP contribution in [0.3, 0.4) is 0 Å². The predicted molar refractivity (Wildman–Crippen MR) is 57.3 cm³/mol. The number of halogens is 1. The van der Waals surface area contributed by atoms with Gasteiger partial charge in [-0.05, 0) is 18.3 Å². The molecule has 5 heteroatoms. The van der Waals surface area contributed by atoms with Crippen molar-refractivity contribution in [1.29, 1.82) is 0 Å². The standard InChI is InChI=1S/C10H16O4.ClH/c11-8(12)6-10(7-9(13)14)4-2-1-3-5-10;/h1-7H2,(H,11,12)(H,13,14);1H. The van der Waals surface area contributed by atoms with Gasteiger partial charge in [0.2, 0.25) is 0 Å². The summed E-state index contributed by atoms with van der Waals surface area (Å²) in [5.74, 6) is -1.76. The molecule has 88 valence electrons. The molecule has 15 heavy (non-hydrogen) atoms. The fourth-order valence-corrected chi connectivity index (χ4v) is 2.36. The van der Waals surface area contributed by atoms with Crippen LogP contribution in [0, 0.1) is 5.41 Å². The first-order valence-corrected chi connectivity index (χ1v) is 4.98. The summed E-state index contributed by atoms with van der Waals surface area (Å²) in [6.07, 6.45) is 4.50. The summed E-state index contributed by atoms with van der Waals surface area (Å²) in [5, 5.41) is 17.5. The molecule has 1 rings (SSSR count). The first-order valence-electron chi connectivity index (χ1n) is 4.98. The summed E-state index contributed by atoms with van der Waals surface area (Å²) in [5.41, 5.74) is -0.476. The Balaban J connectivity index is 0.00000196. The van der Waals surface area contributed by atoms with E-state index in [9.17, 15) is 9.59 Å². The molecular weight excluding hydrogens is 220 g/mol. The van der Waals surface area contributed by atoms with E-state index in [-0.39, 0.29) is 25.2 Å². The maximum atomic E-state index is 10.7. The van der Waals surface area contributed by atoms with Crippen LogP contribution in [0.5, 0.6) is 0 Å². The second-order valence-electron chi connectivity index (χ2n) is 4.20. The molecule has 2 N–H and O–H groups in total. The first kappa shape index (κ1) is 14.2. The van der Waals surface area contributed by atoms with Crippen LogP contribution in [0.4, 0.5) is 0 Å². The highest BCUT2D eigenvalue weighted by Gasteiger charge is 2.36. The van der Waals surface area contributed by atoms with Gasteiger partial charge < -0.3 is 10.2 Å². The van der Waals surface area contributed by atoms with E-state index in [2.05, 4.69) is 0 Å². The lowest BCUT2D eigenvalue weighted by molar-refractivity contribution is -0.144. The molecule has 4 nitrogen and oxygen atoms in total. The molecule has 0 saturated heterocycles. The van der Waals surface area contributed by atoms with E-state index in [0.717, 1.165) is 32.1 Å². The summed E-state index contributed by atoms with van der Waals surface area (Å²) >= 11 is 0. The number of hydrogen-bond donors (Lipinski definition) is 2.